The number of hydrogen-bond donors (Lipinski definition) is 2. The van der Waals surface area contributed by atoms with Gasteiger partial charge in [-0.25, -0.2) is 0 Å². The summed E-state index contributed by atoms with van der Waals surface area (Å²) in [7, 11) is 0. The fourth-order valence-electron chi connectivity index (χ4n) is 2.12. The van der Waals surface area contributed by atoms with Gasteiger partial charge in [-0.05, 0) is 24.5 Å². The molecule has 0 aliphatic heterocycles. The Kier molecular flexibility index (Phi) is 6.31. The minimum atomic E-state index is -0.315. The van der Waals surface area contributed by atoms with Gasteiger partial charge in [-0.3, -0.25) is 4.79 Å². The Hall–Kier alpha value is -1.49. The Labute approximate surface area is 139 Å². The Morgan fingerprint density at radius 2 is 2.09 bits per heavy atom. The van der Waals surface area contributed by atoms with Gasteiger partial charge in [0.15, 0.2) is 0 Å². The first kappa shape index (κ1) is 16.9. The lowest BCUT2D eigenvalue weighted by Crippen LogP contribution is -2.16. The van der Waals surface area contributed by atoms with E-state index in [4.69, 9.17) is 33.7 Å². The molecule has 0 aromatic heterocycles. The Morgan fingerprint density at radius 3 is 2.82 bits per heavy atom. The number of allylic oxidation sites excluding steroid dienone is 3. The Bertz CT molecular complexity index is 612. The van der Waals surface area contributed by atoms with E-state index in [1.165, 1.54) is 0 Å². The molecule has 0 spiro atoms. The summed E-state index contributed by atoms with van der Waals surface area (Å²) in [6, 6.07) is 7.49. The largest absolute Gasteiger partial charge is 0.464 e. The van der Waals surface area contributed by atoms with Crippen molar-refractivity contribution in [1.29, 1.82) is 0 Å². The van der Waals surface area contributed by atoms with Crippen molar-refractivity contribution in [3.63, 3.8) is 0 Å². The van der Waals surface area contributed by atoms with E-state index in [1.54, 1.807) is 0 Å². The van der Waals surface area contributed by atoms with Gasteiger partial charge in [0.25, 0.3) is 0 Å². The highest BCUT2D eigenvalue weighted by atomic mass is 35.5. The number of halogens is 2. The molecule has 0 saturated heterocycles. The van der Waals surface area contributed by atoms with E-state index in [9.17, 15) is 4.79 Å². The molecule has 118 valence electrons. The molecule has 0 unspecified atom stereocenters. The number of esters is 1. The fourth-order valence-corrected chi connectivity index (χ4v) is 2.70. The molecule has 0 radical (unpaired) electrons. The second-order valence-corrected chi connectivity index (χ2v) is 5.70. The molecular formula is C16H18Cl2N2O2. The maximum atomic E-state index is 11.8. The summed E-state index contributed by atoms with van der Waals surface area (Å²) in [6.45, 7) is 0.536. The first-order chi connectivity index (χ1) is 10.6. The van der Waals surface area contributed by atoms with Gasteiger partial charge >= 0.3 is 5.97 Å². The number of anilines is 1. The van der Waals surface area contributed by atoms with Gasteiger partial charge in [0.05, 0.1) is 17.2 Å². The van der Waals surface area contributed by atoms with E-state index in [0.29, 0.717) is 22.3 Å². The molecule has 0 saturated carbocycles. The Morgan fingerprint density at radius 1 is 1.32 bits per heavy atom. The van der Waals surface area contributed by atoms with Crippen molar-refractivity contribution in [2.45, 2.75) is 19.3 Å². The molecule has 6 heteroatoms. The normalized spacial score (nSPS) is 14.6. The van der Waals surface area contributed by atoms with Crippen molar-refractivity contribution >= 4 is 34.9 Å². The third kappa shape index (κ3) is 4.50. The second kappa shape index (κ2) is 8.22. The average Bonchev–Trinajstić information content (AvgIpc) is 2.50. The first-order valence-corrected chi connectivity index (χ1v) is 7.82. The summed E-state index contributed by atoms with van der Waals surface area (Å²) in [5.41, 5.74) is 7.62. The predicted molar refractivity (Wildman–Crippen MR) is 89.8 cm³/mol. The number of hydrogen-bond acceptors (Lipinski definition) is 4. The molecule has 0 bridgehead atoms. The van der Waals surface area contributed by atoms with Crippen LogP contribution in [0.5, 0.6) is 0 Å². The summed E-state index contributed by atoms with van der Waals surface area (Å²) in [5, 5.41) is 4.51. The van der Waals surface area contributed by atoms with Gasteiger partial charge in [-0.15, -0.1) is 0 Å². The van der Waals surface area contributed by atoms with Crippen LogP contribution in [-0.4, -0.2) is 19.1 Å². The number of nitrogens with one attached hydrogen (secondary N) is 1. The van der Waals surface area contributed by atoms with Crippen LogP contribution in [0.25, 0.3) is 0 Å². The van der Waals surface area contributed by atoms with Crippen molar-refractivity contribution in [2.75, 3.05) is 18.5 Å². The third-order valence-corrected chi connectivity index (χ3v) is 3.91. The van der Waals surface area contributed by atoms with Crippen molar-refractivity contribution in [1.82, 2.24) is 0 Å². The van der Waals surface area contributed by atoms with Crippen LogP contribution in [0.15, 0.2) is 46.1 Å². The summed E-state index contributed by atoms with van der Waals surface area (Å²) >= 11 is 12.4. The molecule has 1 aromatic carbocycles. The van der Waals surface area contributed by atoms with E-state index < -0.39 is 0 Å². The predicted octanol–water partition coefficient (Wildman–Crippen LogP) is 3.51. The van der Waals surface area contributed by atoms with Crippen LogP contribution in [0.3, 0.4) is 0 Å². The lowest BCUT2D eigenvalue weighted by Gasteiger charge is -2.18. The highest BCUT2D eigenvalue weighted by Gasteiger charge is 2.16. The molecular weight excluding hydrogens is 323 g/mol. The highest BCUT2D eigenvalue weighted by Crippen LogP contribution is 2.32. The van der Waals surface area contributed by atoms with E-state index in [2.05, 4.69) is 5.32 Å². The van der Waals surface area contributed by atoms with Crippen LogP contribution in [0.2, 0.25) is 0 Å². The summed E-state index contributed by atoms with van der Waals surface area (Å²) in [5.74, 6) is -0.315. The summed E-state index contributed by atoms with van der Waals surface area (Å²) in [4.78, 5) is 11.8. The van der Waals surface area contributed by atoms with Gasteiger partial charge in [-0.2, -0.15) is 0 Å². The molecule has 3 N–H and O–H groups in total. The molecule has 1 aliphatic rings. The zero-order chi connectivity index (χ0) is 15.9. The summed E-state index contributed by atoms with van der Waals surface area (Å²) in [6.07, 6.45) is 3.67. The average molecular weight is 341 g/mol. The number of benzene rings is 1. The number of carbonyl (C=O) groups is 1. The van der Waals surface area contributed by atoms with Crippen LogP contribution in [0.1, 0.15) is 18.4 Å². The second-order valence-electron chi connectivity index (χ2n) is 4.84. The van der Waals surface area contributed by atoms with E-state index >= 15 is 0 Å². The molecule has 4 nitrogen and oxygen atoms in total. The highest BCUT2D eigenvalue weighted by molar-refractivity contribution is 6.36. The molecule has 0 amide bonds. The monoisotopic (exact) mass is 340 g/mol. The topological polar surface area (TPSA) is 64.3 Å². The molecule has 0 atom stereocenters. The Balaban J connectivity index is 2.15. The van der Waals surface area contributed by atoms with Crippen LogP contribution in [0, 0.1) is 0 Å². The van der Waals surface area contributed by atoms with Crippen molar-refractivity contribution in [2.24, 2.45) is 5.73 Å². The lowest BCUT2D eigenvalue weighted by atomic mass is 10.1. The van der Waals surface area contributed by atoms with Crippen molar-refractivity contribution in [3.05, 3.63) is 51.7 Å². The van der Waals surface area contributed by atoms with Gasteiger partial charge < -0.3 is 15.8 Å². The number of carbonyl (C=O) groups excluding carboxylic acids is 1. The molecule has 0 fully saturated rings. The molecule has 2 rings (SSSR count). The lowest BCUT2D eigenvalue weighted by molar-refractivity contribution is -0.142. The maximum Gasteiger partial charge on any atom is 0.310 e. The minimum absolute atomic E-state index is 0.162. The standard InChI is InChI=1S/C16H18Cl2N2O2/c17-12-5-3-6-13(18)16(12)20-14-7-2-1-4-11(14)10-15(21)22-9-8-19/h1-2,4-5,7,20H,3,6,8-10,19H2. The van der Waals surface area contributed by atoms with Crippen LogP contribution >= 0.6 is 23.2 Å². The quantitative estimate of drug-likeness (QED) is 0.777. The van der Waals surface area contributed by atoms with E-state index in [1.807, 2.05) is 30.3 Å². The maximum absolute atomic E-state index is 11.8. The molecule has 1 aliphatic carbocycles. The van der Waals surface area contributed by atoms with Gasteiger partial charge in [-0.1, -0.05) is 47.5 Å². The van der Waals surface area contributed by atoms with Gasteiger partial charge in [0.1, 0.15) is 6.61 Å². The minimum Gasteiger partial charge on any atom is -0.464 e. The SMILES string of the molecule is NCCOC(=O)Cc1ccccc1NC1=C(Cl)CCC=C1Cl. The number of nitrogens with two attached hydrogens (primary N) is 1. The molecule has 0 heterocycles. The van der Waals surface area contributed by atoms with Gasteiger partial charge in [0, 0.05) is 17.3 Å². The number of ether oxygens (including phenoxy) is 1. The third-order valence-electron chi connectivity index (χ3n) is 3.19. The van der Waals surface area contributed by atoms with E-state index in [0.717, 1.165) is 24.1 Å². The van der Waals surface area contributed by atoms with Crippen LogP contribution < -0.4 is 11.1 Å². The fraction of sp³-hybridized carbons (Fsp3) is 0.312. The molecule has 1 aromatic rings. The van der Waals surface area contributed by atoms with Crippen molar-refractivity contribution < 1.29 is 9.53 Å². The number of para-hydroxylation sites is 1. The van der Waals surface area contributed by atoms with Crippen LogP contribution in [-0.2, 0) is 16.0 Å². The summed E-state index contributed by atoms with van der Waals surface area (Å²) < 4.78 is 5.02. The number of rotatable bonds is 6. The first-order valence-electron chi connectivity index (χ1n) is 7.07. The van der Waals surface area contributed by atoms with Gasteiger partial charge in [0.2, 0.25) is 0 Å². The van der Waals surface area contributed by atoms with Crippen molar-refractivity contribution in [3.8, 4) is 0 Å². The smallest absolute Gasteiger partial charge is 0.310 e. The van der Waals surface area contributed by atoms with Crippen LogP contribution in [0.4, 0.5) is 5.69 Å². The zero-order valence-electron chi connectivity index (χ0n) is 12.1. The molecule has 22 heavy (non-hydrogen) atoms. The zero-order valence-corrected chi connectivity index (χ0v) is 13.6. The van der Waals surface area contributed by atoms with E-state index in [-0.39, 0.29) is 19.0 Å².